The van der Waals surface area contributed by atoms with E-state index in [0.717, 1.165) is 42.5 Å². The number of hydrogen-bond acceptors (Lipinski definition) is 5. The summed E-state index contributed by atoms with van der Waals surface area (Å²) in [5, 5.41) is 7.01. The molecule has 0 aromatic heterocycles. The van der Waals surface area contributed by atoms with Crippen LogP contribution >= 0.6 is 23.2 Å². The Morgan fingerprint density at radius 1 is 1.06 bits per heavy atom. The average molecular weight is 503 g/mol. The van der Waals surface area contributed by atoms with E-state index in [1.54, 1.807) is 19.1 Å². The number of halogens is 2. The number of nitrogens with one attached hydrogen (secondary N) is 2. The van der Waals surface area contributed by atoms with Gasteiger partial charge < -0.3 is 20.3 Å². The van der Waals surface area contributed by atoms with Crippen molar-refractivity contribution in [3.05, 3.63) is 74.9 Å². The fourth-order valence-corrected chi connectivity index (χ4v) is 4.68. The Balaban J connectivity index is 1.56. The predicted molar refractivity (Wildman–Crippen MR) is 134 cm³/mol. The molecule has 1 fully saturated rings. The molecule has 1 atom stereocenters. The third kappa shape index (κ3) is 5.49. The van der Waals surface area contributed by atoms with Gasteiger partial charge in [-0.1, -0.05) is 41.4 Å². The summed E-state index contributed by atoms with van der Waals surface area (Å²) in [6.07, 6.45) is 0. The number of amides is 2. The zero-order chi connectivity index (χ0) is 24.2. The molecule has 180 valence electrons. The monoisotopic (exact) mass is 502 g/mol. The molecule has 2 aromatic carbocycles. The molecule has 2 amide bonds. The van der Waals surface area contributed by atoms with E-state index >= 15 is 0 Å². The summed E-state index contributed by atoms with van der Waals surface area (Å²) < 4.78 is 5.36. The number of carbonyl (C=O) groups excluding carboxylic acids is 2. The first-order valence-corrected chi connectivity index (χ1v) is 12.1. The Kier molecular flexibility index (Phi) is 7.66. The van der Waals surface area contributed by atoms with Crippen LogP contribution in [0.25, 0.3) is 0 Å². The predicted octanol–water partition coefficient (Wildman–Crippen LogP) is 4.30. The van der Waals surface area contributed by atoms with Crippen molar-refractivity contribution in [3.8, 4) is 0 Å². The van der Waals surface area contributed by atoms with Gasteiger partial charge in [0.2, 0.25) is 0 Å². The van der Waals surface area contributed by atoms with Gasteiger partial charge in [-0.05, 0) is 49.2 Å². The summed E-state index contributed by atoms with van der Waals surface area (Å²) in [5.74, 6) is -0.446. The van der Waals surface area contributed by atoms with Crippen LogP contribution in [-0.4, -0.2) is 56.2 Å². The second-order valence-corrected chi connectivity index (χ2v) is 9.26. The van der Waals surface area contributed by atoms with E-state index in [4.69, 9.17) is 27.9 Å². The maximum Gasteiger partial charge on any atom is 0.338 e. The Hall–Kier alpha value is -2.74. The van der Waals surface area contributed by atoms with Gasteiger partial charge in [0.05, 0.1) is 18.2 Å². The van der Waals surface area contributed by atoms with Gasteiger partial charge in [-0.25, -0.2) is 9.59 Å². The van der Waals surface area contributed by atoms with Crippen molar-refractivity contribution in [2.75, 3.05) is 44.2 Å². The van der Waals surface area contributed by atoms with Crippen LogP contribution in [0.4, 0.5) is 10.5 Å². The van der Waals surface area contributed by atoms with Crippen LogP contribution in [0.5, 0.6) is 0 Å². The van der Waals surface area contributed by atoms with Crippen LogP contribution in [0.2, 0.25) is 10.0 Å². The minimum absolute atomic E-state index is 0.245. The van der Waals surface area contributed by atoms with Crippen molar-refractivity contribution >= 4 is 40.9 Å². The number of esters is 1. The van der Waals surface area contributed by atoms with Crippen molar-refractivity contribution in [2.45, 2.75) is 19.9 Å². The average Bonchev–Trinajstić information content (AvgIpc) is 2.81. The molecule has 2 aliphatic heterocycles. The topological polar surface area (TPSA) is 73.9 Å². The minimum atomic E-state index is -0.615. The fourth-order valence-electron chi connectivity index (χ4n) is 4.39. The van der Waals surface area contributed by atoms with Crippen LogP contribution in [0, 0.1) is 6.92 Å². The number of urea groups is 1. The minimum Gasteiger partial charge on any atom is -0.463 e. The molecule has 2 aromatic rings. The number of aryl methyl sites for hydroxylation is 1. The van der Waals surface area contributed by atoms with Crippen molar-refractivity contribution in [3.63, 3.8) is 0 Å². The second kappa shape index (κ2) is 10.7. The van der Waals surface area contributed by atoms with Gasteiger partial charge in [0.1, 0.15) is 0 Å². The zero-order valence-corrected chi connectivity index (χ0v) is 20.7. The smallest absolute Gasteiger partial charge is 0.338 e. The van der Waals surface area contributed by atoms with Gasteiger partial charge in [0.25, 0.3) is 0 Å². The summed E-state index contributed by atoms with van der Waals surface area (Å²) in [6, 6.07) is 12.1. The van der Waals surface area contributed by atoms with Crippen LogP contribution < -0.4 is 15.5 Å². The number of carbonyl (C=O) groups is 2. The zero-order valence-electron chi connectivity index (χ0n) is 19.2. The Labute approximate surface area is 209 Å². The second-order valence-electron chi connectivity index (χ2n) is 8.39. The van der Waals surface area contributed by atoms with Gasteiger partial charge in [0, 0.05) is 54.2 Å². The summed E-state index contributed by atoms with van der Waals surface area (Å²) in [5.41, 5.74) is 4.06. The molecule has 0 spiro atoms. The molecule has 34 heavy (non-hydrogen) atoms. The fraction of sp³-hybridized carbons (Fsp3) is 0.360. The van der Waals surface area contributed by atoms with Crippen LogP contribution in [-0.2, 0) is 9.53 Å². The molecular weight excluding hydrogens is 475 g/mol. The molecule has 0 saturated carbocycles. The lowest BCUT2D eigenvalue weighted by Gasteiger charge is -2.38. The first-order chi connectivity index (χ1) is 16.4. The lowest BCUT2D eigenvalue weighted by Crippen LogP contribution is -2.52. The van der Waals surface area contributed by atoms with Crippen LogP contribution in [0.3, 0.4) is 0 Å². The van der Waals surface area contributed by atoms with Gasteiger partial charge in [0.15, 0.2) is 0 Å². The largest absolute Gasteiger partial charge is 0.463 e. The highest BCUT2D eigenvalue weighted by Crippen LogP contribution is 2.30. The molecule has 9 heteroatoms. The van der Waals surface area contributed by atoms with E-state index in [0.29, 0.717) is 22.8 Å². The van der Waals surface area contributed by atoms with E-state index in [2.05, 4.69) is 27.4 Å². The Morgan fingerprint density at radius 2 is 1.74 bits per heavy atom. The van der Waals surface area contributed by atoms with E-state index in [1.165, 1.54) is 5.56 Å². The Morgan fingerprint density at radius 3 is 2.41 bits per heavy atom. The van der Waals surface area contributed by atoms with Gasteiger partial charge in [-0.2, -0.15) is 0 Å². The third-order valence-corrected chi connectivity index (χ3v) is 6.61. The number of anilines is 1. The van der Waals surface area contributed by atoms with E-state index in [1.807, 2.05) is 30.3 Å². The van der Waals surface area contributed by atoms with Crippen molar-refractivity contribution in [2.24, 2.45) is 0 Å². The summed E-state index contributed by atoms with van der Waals surface area (Å²) in [4.78, 5) is 30.0. The van der Waals surface area contributed by atoms with Gasteiger partial charge in [-0.15, -0.1) is 0 Å². The highest BCUT2D eigenvalue weighted by Gasteiger charge is 2.34. The molecule has 2 heterocycles. The number of benzene rings is 2. The standard InChI is InChI=1S/C25H28Cl2N4O3/c1-3-34-24(32)22-20(28-25(33)29-23(22)17-5-8-18(26)9-6-17)15-30-10-12-31(13-11-30)21-14-19(27)7-4-16(21)2/h4-9,14,23H,3,10-13,15H2,1-2H3,(H2,28,29,33)/t23-/m0/s1. The molecule has 4 rings (SSSR count). The number of nitrogens with zero attached hydrogens (tertiary/aromatic N) is 2. The highest BCUT2D eigenvalue weighted by atomic mass is 35.5. The number of rotatable bonds is 6. The number of hydrogen-bond donors (Lipinski definition) is 2. The number of ether oxygens (including phenoxy) is 1. The first-order valence-electron chi connectivity index (χ1n) is 11.3. The first kappa shape index (κ1) is 24.4. The lowest BCUT2D eigenvalue weighted by molar-refractivity contribution is -0.139. The summed E-state index contributed by atoms with van der Waals surface area (Å²) >= 11 is 12.2. The molecule has 2 aliphatic rings. The van der Waals surface area contributed by atoms with E-state index in [9.17, 15) is 9.59 Å². The van der Waals surface area contributed by atoms with Crippen molar-refractivity contribution < 1.29 is 14.3 Å². The van der Waals surface area contributed by atoms with Crippen molar-refractivity contribution in [1.82, 2.24) is 15.5 Å². The lowest BCUT2D eigenvalue weighted by atomic mass is 9.95. The molecule has 2 N–H and O–H groups in total. The SMILES string of the molecule is CCOC(=O)C1=C(CN2CCN(c3cc(Cl)ccc3C)CC2)NC(=O)N[C@H]1c1ccc(Cl)cc1. The summed E-state index contributed by atoms with van der Waals surface area (Å²) in [6.45, 7) is 7.72. The maximum atomic E-state index is 13.0. The van der Waals surface area contributed by atoms with Gasteiger partial charge in [-0.3, -0.25) is 4.90 Å². The highest BCUT2D eigenvalue weighted by molar-refractivity contribution is 6.31. The molecule has 0 unspecified atom stereocenters. The molecule has 7 nitrogen and oxygen atoms in total. The normalized spacial score (nSPS) is 19.0. The van der Waals surface area contributed by atoms with E-state index < -0.39 is 12.0 Å². The summed E-state index contributed by atoms with van der Waals surface area (Å²) in [7, 11) is 0. The van der Waals surface area contributed by atoms with Crippen LogP contribution in [0.15, 0.2) is 53.7 Å². The van der Waals surface area contributed by atoms with Gasteiger partial charge >= 0.3 is 12.0 Å². The third-order valence-electron chi connectivity index (χ3n) is 6.12. The Bertz CT molecular complexity index is 1100. The number of piperazine rings is 1. The molecule has 0 bridgehead atoms. The molecule has 0 radical (unpaired) electrons. The van der Waals surface area contributed by atoms with Crippen LogP contribution in [0.1, 0.15) is 24.1 Å². The quantitative estimate of drug-likeness (QED) is 0.576. The van der Waals surface area contributed by atoms with Crippen molar-refractivity contribution in [1.29, 1.82) is 0 Å². The van der Waals surface area contributed by atoms with E-state index in [-0.39, 0.29) is 12.6 Å². The molecule has 1 saturated heterocycles. The molecular formula is C25H28Cl2N4O3. The molecule has 0 aliphatic carbocycles. The maximum absolute atomic E-state index is 13.0.